The smallest absolute Gasteiger partial charge is 0.255 e. The molecule has 3 aromatic rings. The van der Waals surface area contributed by atoms with Gasteiger partial charge >= 0.3 is 0 Å². The van der Waals surface area contributed by atoms with Crippen molar-refractivity contribution in [3.63, 3.8) is 0 Å². The number of aryl methyl sites for hydroxylation is 1. The van der Waals surface area contributed by atoms with Crippen molar-refractivity contribution >= 4 is 17.7 Å². The van der Waals surface area contributed by atoms with E-state index in [1.807, 2.05) is 12.3 Å². The molecule has 2 aliphatic heterocycles. The SMILES string of the molecule is CSc1cc2c(c(C(=O)NC[C@H]3Cc4ccccc4C(CCc4ccccc4)N3)c1)OCC2. The first-order valence-corrected chi connectivity index (χ1v) is 12.9. The molecule has 0 radical (unpaired) electrons. The van der Waals surface area contributed by atoms with E-state index in [1.165, 1.54) is 16.7 Å². The molecule has 0 aliphatic carbocycles. The molecule has 33 heavy (non-hydrogen) atoms. The van der Waals surface area contributed by atoms with Crippen LogP contribution in [0.1, 0.15) is 45.1 Å². The molecular formula is C28H30N2O2S. The zero-order valence-electron chi connectivity index (χ0n) is 19.0. The van der Waals surface area contributed by atoms with Crippen LogP contribution in [0.4, 0.5) is 0 Å². The third kappa shape index (κ3) is 4.94. The third-order valence-electron chi connectivity index (χ3n) is 6.64. The van der Waals surface area contributed by atoms with Gasteiger partial charge in [-0.3, -0.25) is 4.79 Å². The van der Waals surface area contributed by atoms with Gasteiger partial charge in [0.05, 0.1) is 12.2 Å². The summed E-state index contributed by atoms with van der Waals surface area (Å²) in [6.45, 7) is 1.24. The van der Waals surface area contributed by atoms with Crippen LogP contribution in [0.5, 0.6) is 5.75 Å². The average Bonchev–Trinajstić information content (AvgIpc) is 3.34. The molecule has 170 valence electrons. The number of amides is 1. The molecule has 0 fully saturated rings. The summed E-state index contributed by atoms with van der Waals surface area (Å²) in [4.78, 5) is 14.2. The Balaban J connectivity index is 1.27. The predicted octanol–water partition coefficient (Wildman–Crippen LogP) is 4.96. The van der Waals surface area contributed by atoms with Gasteiger partial charge in [-0.05, 0) is 59.9 Å². The van der Waals surface area contributed by atoms with E-state index in [1.54, 1.807) is 11.8 Å². The Kier molecular flexibility index (Phi) is 6.70. The molecule has 0 bridgehead atoms. The van der Waals surface area contributed by atoms with Gasteiger partial charge in [-0.25, -0.2) is 0 Å². The van der Waals surface area contributed by atoms with Crippen molar-refractivity contribution in [3.05, 3.63) is 94.5 Å². The molecule has 1 amide bonds. The first kappa shape index (κ1) is 22.1. The van der Waals surface area contributed by atoms with Gasteiger partial charge in [0.25, 0.3) is 5.91 Å². The van der Waals surface area contributed by atoms with Crippen molar-refractivity contribution in [1.82, 2.24) is 10.6 Å². The lowest BCUT2D eigenvalue weighted by molar-refractivity contribution is 0.0944. The highest BCUT2D eigenvalue weighted by Crippen LogP contribution is 2.34. The summed E-state index contributed by atoms with van der Waals surface area (Å²) in [6, 6.07) is 23.9. The Bertz CT molecular complexity index is 1130. The van der Waals surface area contributed by atoms with Crippen molar-refractivity contribution in [2.75, 3.05) is 19.4 Å². The molecule has 1 unspecified atom stereocenters. The quantitative estimate of drug-likeness (QED) is 0.491. The summed E-state index contributed by atoms with van der Waals surface area (Å²) in [5, 5.41) is 7.00. The van der Waals surface area contributed by atoms with E-state index in [2.05, 4.69) is 71.3 Å². The first-order valence-electron chi connectivity index (χ1n) is 11.7. The summed E-state index contributed by atoms with van der Waals surface area (Å²) in [5.74, 6) is 0.707. The van der Waals surface area contributed by atoms with Crippen LogP contribution in [0.3, 0.4) is 0 Å². The largest absolute Gasteiger partial charge is 0.492 e. The second kappa shape index (κ2) is 10.0. The first-order chi connectivity index (χ1) is 16.2. The zero-order chi connectivity index (χ0) is 22.6. The van der Waals surface area contributed by atoms with Crippen molar-refractivity contribution in [1.29, 1.82) is 0 Å². The standard InChI is InChI=1S/C28H30N2O2S/c1-33-23-16-21-13-14-32-27(21)25(17-23)28(31)29-18-22-15-20-9-5-6-10-24(20)26(30-22)12-11-19-7-3-2-4-8-19/h2-10,16-17,22,26,30H,11-15,18H2,1H3,(H,29,31)/t22-,26?/m1/s1. The summed E-state index contributed by atoms with van der Waals surface area (Å²) in [5.41, 5.74) is 5.91. The van der Waals surface area contributed by atoms with Crippen molar-refractivity contribution in [2.45, 2.75) is 42.7 Å². The number of rotatable bonds is 7. The number of ether oxygens (including phenoxy) is 1. The molecule has 0 saturated carbocycles. The number of carbonyl (C=O) groups excluding carboxylic acids is 1. The Labute approximate surface area is 200 Å². The van der Waals surface area contributed by atoms with E-state index in [4.69, 9.17) is 4.74 Å². The number of hydrogen-bond acceptors (Lipinski definition) is 4. The molecule has 4 nitrogen and oxygen atoms in total. The normalized spacial score (nSPS) is 18.8. The second-order valence-electron chi connectivity index (χ2n) is 8.82. The fourth-order valence-electron chi connectivity index (χ4n) is 4.96. The van der Waals surface area contributed by atoms with Crippen LogP contribution in [-0.2, 0) is 19.3 Å². The maximum Gasteiger partial charge on any atom is 0.255 e. The number of hydrogen-bond donors (Lipinski definition) is 2. The molecule has 2 N–H and O–H groups in total. The van der Waals surface area contributed by atoms with Crippen LogP contribution in [0, 0.1) is 0 Å². The second-order valence-corrected chi connectivity index (χ2v) is 9.69. The Morgan fingerprint density at radius 1 is 1.09 bits per heavy atom. The van der Waals surface area contributed by atoms with Gasteiger partial charge in [-0.15, -0.1) is 11.8 Å². The summed E-state index contributed by atoms with van der Waals surface area (Å²) >= 11 is 1.66. The van der Waals surface area contributed by atoms with Crippen LogP contribution in [0.15, 0.2) is 71.6 Å². The maximum absolute atomic E-state index is 13.1. The van der Waals surface area contributed by atoms with Crippen molar-refractivity contribution in [3.8, 4) is 5.75 Å². The minimum Gasteiger partial charge on any atom is -0.492 e. The highest BCUT2D eigenvalue weighted by atomic mass is 32.2. The van der Waals surface area contributed by atoms with Crippen LogP contribution in [0.2, 0.25) is 0 Å². The van der Waals surface area contributed by atoms with E-state index < -0.39 is 0 Å². The molecule has 2 aliphatic rings. The monoisotopic (exact) mass is 458 g/mol. The Hall–Kier alpha value is -2.76. The molecule has 0 spiro atoms. The third-order valence-corrected chi connectivity index (χ3v) is 7.35. The van der Waals surface area contributed by atoms with E-state index in [9.17, 15) is 4.79 Å². The molecule has 5 heteroatoms. The summed E-state index contributed by atoms with van der Waals surface area (Å²) in [7, 11) is 0. The molecule has 5 rings (SSSR count). The number of benzene rings is 3. The van der Waals surface area contributed by atoms with Gasteiger partial charge < -0.3 is 15.4 Å². The van der Waals surface area contributed by atoms with Crippen molar-refractivity contribution < 1.29 is 9.53 Å². The molecule has 0 saturated heterocycles. The minimum absolute atomic E-state index is 0.0504. The number of fused-ring (bicyclic) bond motifs is 2. The number of nitrogens with one attached hydrogen (secondary N) is 2. The molecule has 2 heterocycles. The maximum atomic E-state index is 13.1. The highest BCUT2D eigenvalue weighted by Gasteiger charge is 2.27. The van der Waals surface area contributed by atoms with E-state index in [0.29, 0.717) is 18.7 Å². The van der Waals surface area contributed by atoms with E-state index >= 15 is 0 Å². The van der Waals surface area contributed by atoms with E-state index in [-0.39, 0.29) is 18.0 Å². The van der Waals surface area contributed by atoms with Gasteiger partial charge in [0, 0.05) is 29.9 Å². The lowest BCUT2D eigenvalue weighted by atomic mass is 9.87. The lowest BCUT2D eigenvalue weighted by Gasteiger charge is -2.33. The van der Waals surface area contributed by atoms with Gasteiger partial charge in [-0.1, -0.05) is 54.6 Å². The van der Waals surface area contributed by atoms with Gasteiger partial charge in [-0.2, -0.15) is 0 Å². The van der Waals surface area contributed by atoms with Crippen LogP contribution in [0.25, 0.3) is 0 Å². The average molecular weight is 459 g/mol. The predicted molar refractivity (Wildman–Crippen MR) is 134 cm³/mol. The Morgan fingerprint density at radius 3 is 2.76 bits per heavy atom. The minimum atomic E-state index is -0.0504. The van der Waals surface area contributed by atoms with Crippen LogP contribution < -0.4 is 15.4 Å². The topological polar surface area (TPSA) is 50.4 Å². The fraction of sp³-hybridized carbons (Fsp3) is 0.321. The highest BCUT2D eigenvalue weighted by molar-refractivity contribution is 7.98. The molecular weight excluding hydrogens is 428 g/mol. The van der Waals surface area contributed by atoms with Crippen LogP contribution >= 0.6 is 11.8 Å². The lowest BCUT2D eigenvalue weighted by Crippen LogP contribution is -2.47. The van der Waals surface area contributed by atoms with Gasteiger partial charge in [0.1, 0.15) is 5.75 Å². The number of thioether (sulfide) groups is 1. The summed E-state index contributed by atoms with van der Waals surface area (Å²) < 4.78 is 5.79. The molecule has 3 aromatic carbocycles. The zero-order valence-corrected chi connectivity index (χ0v) is 19.8. The van der Waals surface area contributed by atoms with Crippen LogP contribution in [-0.4, -0.2) is 31.4 Å². The van der Waals surface area contributed by atoms with Gasteiger partial charge in [0.2, 0.25) is 0 Å². The fourth-order valence-corrected chi connectivity index (χ4v) is 5.46. The molecule has 0 aromatic heterocycles. The number of carbonyl (C=O) groups is 1. The Morgan fingerprint density at radius 2 is 1.91 bits per heavy atom. The van der Waals surface area contributed by atoms with Crippen molar-refractivity contribution in [2.24, 2.45) is 0 Å². The summed E-state index contributed by atoms with van der Waals surface area (Å²) in [6.07, 6.45) is 5.88. The molecule has 2 atom stereocenters. The van der Waals surface area contributed by atoms with E-state index in [0.717, 1.165) is 41.9 Å². The van der Waals surface area contributed by atoms with Gasteiger partial charge in [0.15, 0.2) is 0 Å².